The Hall–Kier alpha value is -2.58. The average Bonchev–Trinajstić information content (AvgIpc) is 2.85. The molecule has 0 aliphatic heterocycles. The fraction of sp³-hybridized carbons (Fsp3) is 0.273. The molecule has 0 bridgehead atoms. The maximum absolute atomic E-state index is 12.2. The average molecular weight is 283 g/mol. The summed E-state index contributed by atoms with van der Waals surface area (Å²) < 4.78 is 29.0. The number of aryl methyl sites for hydroxylation is 1. The highest BCUT2D eigenvalue weighted by Gasteiger charge is 2.16. The lowest BCUT2D eigenvalue weighted by Gasteiger charge is -2.05. The van der Waals surface area contributed by atoms with E-state index in [0.717, 1.165) is 5.69 Å². The van der Waals surface area contributed by atoms with Gasteiger partial charge in [-0.1, -0.05) is 11.2 Å². The van der Waals surface area contributed by atoms with Crippen molar-refractivity contribution in [3.05, 3.63) is 35.6 Å². The molecule has 0 radical (unpaired) electrons. The Kier molecular flexibility index (Phi) is 4.18. The largest absolute Gasteiger partial charge is 0.337 e. The molecule has 0 aliphatic carbocycles. The fourth-order valence-corrected chi connectivity index (χ4v) is 1.36. The van der Waals surface area contributed by atoms with Gasteiger partial charge in [-0.3, -0.25) is 5.32 Å². The van der Waals surface area contributed by atoms with Crippen molar-refractivity contribution in [2.45, 2.75) is 19.9 Å². The molecule has 0 atom stereocenters. The quantitative estimate of drug-likeness (QED) is 0.895. The van der Waals surface area contributed by atoms with Gasteiger partial charge in [0, 0.05) is 5.69 Å². The third-order valence-corrected chi connectivity index (χ3v) is 2.21. The Morgan fingerprint density at radius 1 is 1.40 bits per heavy atom. The van der Waals surface area contributed by atoms with Crippen molar-refractivity contribution in [1.29, 1.82) is 0 Å². The summed E-state index contributed by atoms with van der Waals surface area (Å²) in [5, 5.41) is 7.94. The standard InChI is InChI=1S/C11H11F2N5O2/c1-6-3-2-4-7(15-6)16-11(19)14-5-8-17-10(9(12)13)18-20-8/h2-4,9H,5H2,1H3,(H2,14,15,16,19). The number of rotatable bonds is 4. The molecule has 2 amide bonds. The van der Waals surface area contributed by atoms with Crippen LogP contribution in [0.3, 0.4) is 0 Å². The van der Waals surface area contributed by atoms with Crippen LogP contribution in [0.4, 0.5) is 19.4 Å². The molecule has 0 fully saturated rings. The first kappa shape index (κ1) is 13.8. The van der Waals surface area contributed by atoms with Gasteiger partial charge in [-0.05, 0) is 19.1 Å². The second-order valence-electron chi connectivity index (χ2n) is 3.82. The van der Waals surface area contributed by atoms with Crippen LogP contribution in [0, 0.1) is 6.92 Å². The molecule has 2 aromatic heterocycles. The SMILES string of the molecule is Cc1cccc(NC(=O)NCc2nc(C(F)F)no2)n1. The van der Waals surface area contributed by atoms with Crippen molar-refractivity contribution in [1.82, 2.24) is 20.4 Å². The number of nitrogens with zero attached hydrogens (tertiary/aromatic N) is 3. The number of pyridine rings is 1. The summed E-state index contributed by atoms with van der Waals surface area (Å²) >= 11 is 0. The number of anilines is 1. The molecule has 20 heavy (non-hydrogen) atoms. The van der Waals surface area contributed by atoms with E-state index in [1.165, 1.54) is 0 Å². The van der Waals surface area contributed by atoms with Crippen LogP contribution in [0.2, 0.25) is 0 Å². The zero-order valence-corrected chi connectivity index (χ0v) is 10.4. The molecule has 0 spiro atoms. The summed E-state index contributed by atoms with van der Waals surface area (Å²) in [4.78, 5) is 19.0. The van der Waals surface area contributed by atoms with Gasteiger partial charge in [-0.25, -0.2) is 18.6 Å². The summed E-state index contributed by atoms with van der Waals surface area (Å²) in [5.41, 5.74) is 0.751. The van der Waals surface area contributed by atoms with Crippen molar-refractivity contribution in [2.24, 2.45) is 0 Å². The topological polar surface area (TPSA) is 92.9 Å². The number of hydrogen-bond acceptors (Lipinski definition) is 5. The van der Waals surface area contributed by atoms with Crippen LogP contribution >= 0.6 is 0 Å². The van der Waals surface area contributed by atoms with E-state index in [1.807, 2.05) is 0 Å². The highest BCUT2D eigenvalue weighted by Crippen LogP contribution is 2.14. The van der Waals surface area contributed by atoms with E-state index >= 15 is 0 Å². The predicted molar refractivity (Wildman–Crippen MR) is 64.1 cm³/mol. The molecule has 2 rings (SSSR count). The van der Waals surface area contributed by atoms with Crippen LogP contribution in [-0.2, 0) is 6.54 Å². The first-order chi connectivity index (χ1) is 9.54. The molecule has 2 heterocycles. The van der Waals surface area contributed by atoms with E-state index < -0.39 is 18.3 Å². The summed E-state index contributed by atoms with van der Waals surface area (Å²) in [7, 11) is 0. The molecule has 7 nitrogen and oxygen atoms in total. The summed E-state index contributed by atoms with van der Waals surface area (Å²) in [5.74, 6) is -0.434. The van der Waals surface area contributed by atoms with E-state index in [9.17, 15) is 13.6 Å². The van der Waals surface area contributed by atoms with Gasteiger partial charge in [0.1, 0.15) is 5.82 Å². The summed E-state index contributed by atoms with van der Waals surface area (Å²) in [6.45, 7) is 1.63. The highest BCUT2D eigenvalue weighted by atomic mass is 19.3. The normalized spacial score (nSPS) is 10.6. The number of hydrogen-bond donors (Lipinski definition) is 2. The van der Waals surface area contributed by atoms with Gasteiger partial charge in [0.15, 0.2) is 0 Å². The van der Waals surface area contributed by atoms with Gasteiger partial charge < -0.3 is 9.84 Å². The third kappa shape index (κ3) is 3.70. The first-order valence-corrected chi connectivity index (χ1v) is 5.64. The van der Waals surface area contributed by atoms with Crippen LogP contribution in [0.15, 0.2) is 22.7 Å². The van der Waals surface area contributed by atoms with E-state index in [1.54, 1.807) is 25.1 Å². The van der Waals surface area contributed by atoms with Gasteiger partial charge in [-0.15, -0.1) is 0 Å². The molecule has 0 unspecified atom stereocenters. The van der Waals surface area contributed by atoms with Gasteiger partial charge in [0.2, 0.25) is 11.7 Å². The van der Waals surface area contributed by atoms with Crippen molar-refractivity contribution in [3.8, 4) is 0 Å². The number of aromatic nitrogens is 3. The van der Waals surface area contributed by atoms with Gasteiger partial charge in [0.25, 0.3) is 0 Å². The Bertz CT molecular complexity index is 602. The first-order valence-electron chi connectivity index (χ1n) is 5.64. The van der Waals surface area contributed by atoms with Crippen molar-refractivity contribution < 1.29 is 18.1 Å². The zero-order valence-electron chi connectivity index (χ0n) is 10.4. The summed E-state index contributed by atoms with van der Waals surface area (Å²) in [6.07, 6.45) is -2.81. The maximum Gasteiger partial charge on any atom is 0.320 e. The minimum Gasteiger partial charge on any atom is -0.337 e. The maximum atomic E-state index is 12.2. The monoisotopic (exact) mass is 283 g/mol. The number of carbonyl (C=O) groups is 1. The number of carbonyl (C=O) groups excluding carboxylic acids is 1. The van der Waals surface area contributed by atoms with Crippen LogP contribution in [0.25, 0.3) is 0 Å². The van der Waals surface area contributed by atoms with E-state index in [0.29, 0.717) is 5.82 Å². The van der Waals surface area contributed by atoms with Crippen molar-refractivity contribution >= 4 is 11.8 Å². The Labute approximate surface area is 112 Å². The van der Waals surface area contributed by atoms with Gasteiger partial charge in [0.05, 0.1) is 6.54 Å². The number of urea groups is 1. The van der Waals surface area contributed by atoms with Crippen LogP contribution in [-0.4, -0.2) is 21.2 Å². The minimum atomic E-state index is -2.81. The molecule has 0 saturated carbocycles. The highest BCUT2D eigenvalue weighted by molar-refractivity contribution is 5.88. The number of alkyl halides is 2. The van der Waals surface area contributed by atoms with Crippen molar-refractivity contribution in [3.63, 3.8) is 0 Å². The van der Waals surface area contributed by atoms with E-state index in [4.69, 9.17) is 0 Å². The molecule has 2 N–H and O–H groups in total. The lowest BCUT2D eigenvalue weighted by atomic mass is 10.4. The van der Waals surface area contributed by atoms with E-state index in [2.05, 4.69) is 30.3 Å². The lowest BCUT2D eigenvalue weighted by Crippen LogP contribution is -2.28. The second kappa shape index (κ2) is 6.04. The summed E-state index contributed by atoms with van der Waals surface area (Å²) in [6, 6.07) is 4.59. The minimum absolute atomic E-state index is 0.104. The number of amides is 2. The van der Waals surface area contributed by atoms with Gasteiger partial charge >= 0.3 is 12.5 Å². The molecule has 0 saturated heterocycles. The van der Waals surface area contributed by atoms with Crippen LogP contribution < -0.4 is 10.6 Å². The fourth-order valence-electron chi connectivity index (χ4n) is 1.36. The second-order valence-corrected chi connectivity index (χ2v) is 3.82. The van der Waals surface area contributed by atoms with E-state index in [-0.39, 0.29) is 12.4 Å². The Morgan fingerprint density at radius 2 is 2.20 bits per heavy atom. The molecule has 0 aromatic carbocycles. The number of nitrogens with one attached hydrogen (secondary N) is 2. The van der Waals surface area contributed by atoms with Gasteiger partial charge in [-0.2, -0.15) is 4.98 Å². The molecular weight excluding hydrogens is 272 g/mol. The van der Waals surface area contributed by atoms with Crippen LogP contribution in [0.1, 0.15) is 23.8 Å². The Balaban J connectivity index is 1.85. The molecule has 2 aromatic rings. The predicted octanol–water partition coefficient (Wildman–Crippen LogP) is 2.03. The number of halogens is 2. The molecule has 106 valence electrons. The lowest BCUT2D eigenvalue weighted by molar-refractivity contribution is 0.136. The van der Waals surface area contributed by atoms with Crippen molar-refractivity contribution in [2.75, 3.05) is 5.32 Å². The van der Waals surface area contributed by atoms with Crippen LogP contribution in [0.5, 0.6) is 0 Å². The Morgan fingerprint density at radius 3 is 2.85 bits per heavy atom. The smallest absolute Gasteiger partial charge is 0.320 e. The zero-order chi connectivity index (χ0) is 14.5. The molecule has 9 heteroatoms. The third-order valence-electron chi connectivity index (χ3n) is 2.21. The molecular formula is C11H11F2N5O2. The molecule has 0 aliphatic rings.